The zero-order chi connectivity index (χ0) is 20.4. The zero-order valence-corrected chi connectivity index (χ0v) is 15.8. The molecule has 0 radical (unpaired) electrons. The largest absolute Gasteiger partial charge is 0.481 e. The SMILES string of the molecule is C[C@H](Oc1ccc(F)cc1)C(=O)NNC(=O)c1cc(C2CC2)nc2ccccc12. The number of nitrogens with zero attached hydrogens (tertiary/aromatic N) is 1. The van der Waals surface area contributed by atoms with E-state index >= 15 is 0 Å². The van der Waals surface area contributed by atoms with Gasteiger partial charge in [0.15, 0.2) is 6.10 Å². The van der Waals surface area contributed by atoms with E-state index in [2.05, 4.69) is 15.8 Å². The molecule has 0 aliphatic heterocycles. The predicted octanol–water partition coefficient (Wildman–Crippen LogP) is 3.48. The number of nitrogens with one attached hydrogen (secondary N) is 2. The first-order valence-corrected chi connectivity index (χ1v) is 9.43. The third-order valence-corrected chi connectivity index (χ3v) is 4.77. The van der Waals surface area contributed by atoms with Gasteiger partial charge in [-0.2, -0.15) is 0 Å². The van der Waals surface area contributed by atoms with Crippen molar-refractivity contribution in [2.24, 2.45) is 0 Å². The number of hydrazine groups is 1. The van der Waals surface area contributed by atoms with Gasteiger partial charge in [-0.1, -0.05) is 18.2 Å². The molecule has 0 spiro atoms. The van der Waals surface area contributed by atoms with E-state index in [9.17, 15) is 14.0 Å². The first-order chi connectivity index (χ1) is 14.0. The highest BCUT2D eigenvalue weighted by Gasteiger charge is 2.27. The molecule has 4 rings (SSSR count). The van der Waals surface area contributed by atoms with E-state index in [-0.39, 0.29) is 0 Å². The van der Waals surface area contributed by atoms with Crippen molar-refractivity contribution in [2.45, 2.75) is 31.8 Å². The number of carbonyl (C=O) groups is 2. The lowest BCUT2D eigenvalue weighted by Crippen LogP contribution is -2.47. The molecule has 3 aromatic rings. The van der Waals surface area contributed by atoms with Crippen molar-refractivity contribution >= 4 is 22.7 Å². The molecule has 1 fully saturated rings. The summed E-state index contributed by atoms with van der Waals surface area (Å²) in [5.41, 5.74) is 6.94. The lowest BCUT2D eigenvalue weighted by Gasteiger charge is -2.16. The summed E-state index contributed by atoms with van der Waals surface area (Å²) in [7, 11) is 0. The van der Waals surface area contributed by atoms with Crippen LogP contribution in [0.25, 0.3) is 10.9 Å². The van der Waals surface area contributed by atoms with Gasteiger partial charge in [0.25, 0.3) is 11.8 Å². The number of rotatable bonds is 5. The Kier molecular flexibility index (Phi) is 5.12. The second-order valence-corrected chi connectivity index (χ2v) is 7.04. The molecule has 1 aromatic heterocycles. The maximum absolute atomic E-state index is 13.0. The molecule has 7 heteroatoms. The Labute approximate surface area is 167 Å². The summed E-state index contributed by atoms with van der Waals surface area (Å²) in [6, 6.07) is 14.6. The van der Waals surface area contributed by atoms with Crippen molar-refractivity contribution < 1.29 is 18.7 Å². The smallest absolute Gasteiger partial charge is 0.279 e. The summed E-state index contributed by atoms with van der Waals surface area (Å²) in [6.45, 7) is 1.54. The van der Waals surface area contributed by atoms with Crippen LogP contribution < -0.4 is 15.6 Å². The topological polar surface area (TPSA) is 80.3 Å². The van der Waals surface area contributed by atoms with Crippen molar-refractivity contribution in [3.63, 3.8) is 0 Å². The van der Waals surface area contributed by atoms with E-state index in [1.165, 1.54) is 31.2 Å². The second kappa shape index (κ2) is 7.87. The molecule has 2 aromatic carbocycles. The number of benzene rings is 2. The number of amides is 2. The average molecular weight is 393 g/mol. The predicted molar refractivity (Wildman–Crippen MR) is 106 cm³/mol. The summed E-state index contributed by atoms with van der Waals surface area (Å²) in [4.78, 5) is 29.6. The van der Waals surface area contributed by atoms with Gasteiger partial charge in [0, 0.05) is 17.0 Å². The van der Waals surface area contributed by atoms with E-state index in [4.69, 9.17) is 4.74 Å². The van der Waals surface area contributed by atoms with Gasteiger partial charge in [0.2, 0.25) is 0 Å². The minimum absolute atomic E-state index is 0.356. The van der Waals surface area contributed by atoms with Gasteiger partial charge >= 0.3 is 0 Å². The van der Waals surface area contributed by atoms with Gasteiger partial charge in [0.05, 0.1) is 11.1 Å². The highest BCUT2D eigenvalue weighted by molar-refractivity contribution is 6.06. The van der Waals surface area contributed by atoms with Crippen molar-refractivity contribution in [3.8, 4) is 5.75 Å². The molecular weight excluding hydrogens is 373 g/mol. The third-order valence-electron chi connectivity index (χ3n) is 4.77. The van der Waals surface area contributed by atoms with E-state index in [0.29, 0.717) is 17.2 Å². The monoisotopic (exact) mass is 393 g/mol. The maximum Gasteiger partial charge on any atom is 0.279 e. The average Bonchev–Trinajstić information content (AvgIpc) is 3.58. The second-order valence-electron chi connectivity index (χ2n) is 7.04. The van der Waals surface area contributed by atoms with Crippen LogP contribution in [0.5, 0.6) is 5.75 Å². The first kappa shape index (κ1) is 18.9. The Balaban J connectivity index is 1.44. The highest BCUT2D eigenvalue weighted by Crippen LogP contribution is 2.40. The van der Waals surface area contributed by atoms with Crippen molar-refractivity contribution in [3.05, 3.63) is 71.7 Å². The number of ether oxygens (including phenoxy) is 1. The molecule has 1 aliphatic rings. The minimum atomic E-state index is -0.878. The normalized spacial score (nSPS) is 14.3. The number of carbonyl (C=O) groups excluding carboxylic acids is 2. The van der Waals surface area contributed by atoms with Gasteiger partial charge in [-0.25, -0.2) is 4.39 Å². The fourth-order valence-corrected chi connectivity index (χ4v) is 3.03. The van der Waals surface area contributed by atoms with Crippen molar-refractivity contribution in [1.29, 1.82) is 0 Å². The molecular formula is C22H20FN3O3. The quantitative estimate of drug-likeness (QED) is 0.651. The van der Waals surface area contributed by atoms with Crippen LogP contribution in [0.4, 0.5) is 4.39 Å². The molecule has 6 nitrogen and oxygen atoms in total. The minimum Gasteiger partial charge on any atom is -0.481 e. The lowest BCUT2D eigenvalue weighted by molar-refractivity contribution is -0.128. The van der Waals surface area contributed by atoms with E-state index < -0.39 is 23.7 Å². The van der Waals surface area contributed by atoms with Gasteiger partial charge in [-0.15, -0.1) is 0 Å². The Morgan fingerprint density at radius 1 is 1.10 bits per heavy atom. The summed E-state index contributed by atoms with van der Waals surface area (Å²) in [6.07, 6.45) is 1.26. The summed E-state index contributed by atoms with van der Waals surface area (Å²) >= 11 is 0. The summed E-state index contributed by atoms with van der Waals surface area (Å²) in [5.74, 6) is -0.590. The summed E-state index contributed by atoms with van der Waals surface area (Å²) < 4.78 is 18.4. The fraction of sp³-hybridized carbons (Fsp3) is 0.227. The number of halogens is 1. The maximum atomic E-state index is 13.0. The van der Waals surface area contributed by atoms with Crippen molar-refractivity contribution in [1.82, 2.24) is 15.8 Å². The fourth-order valence-electron chi connectivity index (χ4n) is 3.03. The Bertz CT molecular complexity index is 1060. The molecule has 0 unspecified atom stereocenters. The van der Waals surface area contributed by atoms with E-state index in [0.717, 1.165) is 29.4 Å². The van der Waals surface area contributed by atoms with Crippen LogP contribution >= 0.6 is 0 Å². The van der Waals surface area contributed by atoms with Gasteiger partial charge < -0.3 is 4.74 Å². The van der Waals surface area contributed by atoms with Gasteiger partial charge in [0.1, 0.15) is 11.6 Å². The van der Waals surface area contributed by atoms with Crippen LogP contribution in [0, 0.1) is 5.82 Å². The number of hydrogen-bond acceptors (Lipinski definition) is 4. The van der Waals surface area contributed by atoms with Crippen LogP contribution in [0.15, 0.2) is 54.6 Å². The van der Waals surface area contributed by atoms with E-state index in [1.54, 1.807) is 6.07 Å². The molecule has 1 aliphatic carbocycles. The number of pyridine rings is 1. The Morgan fingerprint density at radius 3 is 2.55 bits per heavy atom. The first-order valence-electron chi connectivity index (χ1n) is 9.43. The molecule has 1 saturated carbocycles. The standard InChI is InChI=1S/C22H20FN3O3/c1-13(29-16-10-8-15(23)9-11-16)21(27)25-26-22(28)18-12-20(14-6-7-14)24-19-5-3-2-4-17(18)19/h2-5,8-14H,6-7H2,1H3,(H,25,27)(H,26,28)/t13-/m0/s1. The van der Waals surface area contributed by atoms with Crippen LogP contribution in [-0.4, -0.2) is 22.9 Å². The van der Waals surface area contributed by atoms with Crippen LogP contribution in [-0.2, 0) is 4.79 Å². The number of aromatic nitrogens is 1. The third kappa shape index (κ3) is 4.34. The molecule has 2 N–H and O–H groups in total. The molecule has 2 amide bonds. The number of hydrogen-bond donors (Lipinski definition) is 2. The number of para-hydroxylation sites is 1. The zero-order valence-electron chi connectivity index (χ0n) is 15.8. The van der Waals surface area contributed by atoms with Crippen molar-refractivity contribution in [2.75, 3.05) is 0 Å². The van der Waals surface area contributed by atoms with Crippen LogP contribution in [0.1, 0.15) is 41.7 Å². The number of fused-ring (bicyclic) bond motifs is 1. The van der Waals surface area contributed by atoms with Gasteiger partial charge in [-0.05, 0) is 56.2 Å². The molecule has 0 saturated heterocycles. The highest BCUT2D eigenvalue weighted by atomic mass is 19.1. The molecule has 0 bridgehead atoms. The summed E-state index contributed by atoms with van der Waals surface area (Å²) in [5, 5.41) is 0.722. The Hall–Kier alpha value is -3.48. The van der Waals surface area contributed by atoms with Crippen LogP contribution in [0.2, 0.25) is 0 Å². The molecule has 29 heavy (non-hydrogen) atoms. The van der Waals surface area contributed by atoms with Gasteiger partial charge in [-0.3, -0.25) is 25.4 Å². The lowest BCUT2D eigenvalue weighted by atomic mass is 10.1. The molecule has 1 heterocycles. The van der Waals surface area contributed by atoms with E-state index in [1.807, 2.05) is 24.3 Å². The Morgan fingerprint density at radius 2 is 1.83 bits per heavy atom. The molecule has 1 atom stereocenters. The van der Waals surface area contributed by atoms with Crippen LogP contribution in [0.3, 0.4) is 0 Å². The molecule has 148 valence electrons.